The van der Waals surface area contributed by atoms with Gasteiger partial charge in [0.25, 0.3) is 10.0 Å². The molecule has 2 amide bonds. The number of urea groups is 1. The Morgan fingerprint density at radius 1 is 1.28 bits per heavy atom. The van der Waals surface area contributed by atoms with E-state index in [1.807, 2.05) is 4.72 Å². The first-order valence-corrected chi connectivity index (χ1v) is 9.74. The normalized spacial score (nSPS) is 16.7. The fourth-order valence-electron chi connectivity index (χ4n) is 2.18. The standard InChI is InChI=1S/C16H22N6O6S/c1-11(20-27-4)9-28-13-7-5-6-8-14(13)29(24,25)21-15(23)19-22-12(2)17-10-18-16(22)26-3/h5-10,12,20H,1-4H3,(H2,19,21,23). The van der Waals surface area contributed by atoms with Crippen molar-refractivity contribution in [3.63, 3.8) is 0 Å². The molecule has 2 rings (SSSR count). The molecular formula is C16H22N6O6S. The van der Waals surface area contributed by atoms with Crippen molar-refractivity contribution in [1.82, 2.24) is 20.6 Å². The van der Waals surface area contributed by atoms with E-state index >= 15 is 0 Å². The Balaban J connectivity index is 2.15. The third-order valence-electron chi connectivity index (χ3n) is 3.43. The molecular weight excluding hydrogens is 404 g/mol. The summed E-state index contributed by atoms with van der Waals surface area (Å²) in [5, 5.41) is 1.18. The lowest BCUT2D eigenvalue weighted by atomic mass is 10.3. The number of carbonyl (C=O) groups is 1. The molecule has 1 aliphatic rings. The van der Waals surface area contributed by atoms with Crippen molar-refractivity contribution in [2.75, 3.05) is 14.2 Å². The number of rotatable bonds is 7. The summed E-state index contributed by atoms with van der Waals surface area (Å²) in [6, 6.07) is 4.86. The molecule has 0 aliphatic carbocycles. The Morgan fingerprint density at radius 2 is 2.00 bits per heavy atom. The SMILES string of the molecule is CONC(C)=COc1ccccc1S(=O)(=O)NC(=O)NN1C(OC)=NC=NC1C. The van der Waals surface area contributed by atoms with Crippen LogP contribution in [-0.2, 0) is 19.6 Å². The Morgan fingerprint density at radius 3 is 2.69 bits per heavy atom. The molecule has 0 fully saturated rings. The largest absolute Gasteiger partial charge is 0.467 e. The third kappa shape index (κ3) is 5.83. The molecule has 0 bridgehead atoms. The van der Waals surface area contributed by atoms with E-state index in [2.05, 4.69) is 20.9 Å². The van der Waals surface area contributed by atoms with Crippen molar-refractivity contribution in [2.45, 2.75) is 24.9 Å². The number of hydrazine groups is 1. The van der Waals surface area contributed by atoms with E-state index in [1.165, 1.54) is 50.0 Å². The van der Waals surface area contributed by atoms with Gasteiger partial charge in [0.15, 0.2) is 0 Å². The molecule has 1 aliphatic heterocycles. The summed E-state index contributed by atoms with van der Waals surface area (Å²) in [5.74, 6) is 0.0140. The van der Waals surface area contributed by atoms with Crippen molar-refractivity contribution in [3.05, 3.63) is 36.2 Å². The number of amidine groups is 1. The van der Waals surface area contributed by atoms with E-state index < -0.39 is 22.2 Å². The fourth-order valence-corrected chi connectivity index (χ4v) is 3.21. The van der Waals surface area contributed by atoms with Crippen LogP contribution in [0.15, 0.2) is 51.1 Å². The van der Waals surface area contributed by atoms with Gasteiger partial charge in [-0.3, -0.25) is 10.3 Å². The van der Waals surface area contributed by atoms with Crippen LogP contribution in [0.25, 0.3) is 0 Å². The molecule has 3 N–H and O–H groups in total. The van der Waals surface area contributed by atoms with Gasteiger partial charge in [-0.2, -0.15) is 4.99 Å². The quantitative estimate of drug-likeness (QED) is 0.426. The maximum absolute atomic E-state index is 12.7. The van der Waals surface area contributed by atoms with Crippen LogP contribution in [0.4, 0.5) is 4.79 Å². The number of hydroxylamine groups is 1. The van der Waals surface area contributed by atoms with Crippen LogP contribution >= 0.6 is 0 Å². The minimum Gasteiger partial charge on any atom is -0.467 e. The Kier molecular flexibility index (Phi) is 7.39. The number of benzene rings is 1. The predicted molar refractivity (Wildman–Crippen MR) is 104 cm³/mol. The highest BCUT2D eigenvalue weighted by Crippen LogP contribution is 2.23. The number of ether oxygens (including phenoxy) is 2. The number of methoxy groups -OCH3 is 1. The highest BCUT2D eigenvalue weighted by atomic mass is 32.2. The number of hydrogen-bond donors (Lipinski definition) is 3. The van der Waals surface area contributed by atoms with Gasteiger partial charge >= 0.3 is 12.1 Å². The van der Waals surface area contributed by atoms with Crippen molar-refractivity contribution in [3.8, 4) is 5.75 Å². The number of sulfonamides is 1. The molecule has 1 atom stereocenters. The molecule has 0 saturated carbocycles. The van der Waals surface area contributed by atoms with E-state index in [1.54, 1.807) is 19.9 Å². The first kappa shape index (κ1) is 22.0. The fraction of sp³-hybridized carbons (Fsp3) is 0.312. The number of carbonyl (C=O) groups excluding carboxylic acids is 1. The zero-order chi connectivity index (χ0) is 21.4. The molecule has 0 aromatic heterocycles. The number of hydrogen-bond acceptors (Lipinski definition) is 10. The highest BCUT2D eigenvalue weighted by molar-refractivity contribution is 7.90. The summed E-state index contributed by atoms with van der Waals surface area (Å²) in [7, 11) is -1.48. The number of amides is 2. The summed E-state index contributed by atoms with van der Waals surface area (Å²) in [6.45, 7) is 3.31. The lowest BCUT2D eigenvalue weighted by Crippen LogP contribution is -2.55. The van der Waals surface area contributed by atoms with E-state index in [0.29, 0.717) is 5.70 Å². The van der Waals surface area contributed by atoms with E-state index in [-0.39, 0.29) is 16.7 Å². The maximum Gasteiger partial charge on any atom is 0.347 e. The van der Waals surface area contributed by atoms with Crippen LogP contribution in [0.2, 0.25) is 0 Å². The molecule has 12 nitrogen and oxygen atoms in total. The Hall–Kier alpha value is -3.32. The Labute approximate surface area is 168 Å². The highest BCUT2D eigenvalue weighted by Gasteiger charge is 2.27. The van der Waals surface area contributed by atoms with E-state index in [4.69, 9.17) is 14.3 Å². The van der Waals surface area contributed by atoms with Crippen LogP contribution in [0.3, 0.4) is 0 Å². The third-order valence-corrected chi connectivity index (χ3v) is 4.80. The van der Waals surface area contributed by atoms with Crippen LogP contribution in [0.1, 0.15) is 13.8 Å². The molecule has 158 valence electrons. The van der Waals surface area contributed by atoms with Gasteiger partial charge < -0.3 is 9.47 Å². The zero-order valence-corrected chi connectivity index (χ0v) is 17.1. The van der Waals surface area contributed by atoms with Gasteiger partial charge in [0.1, 0.15) is 29.4 Å². The minimum absolute atomic E-state index is 0.0140. The van der Waals surface area contributed by atoms with Crippen LogP contribution in [-0.4, -0.2) is 52.2 Å². The maximum atomic E-state index is 12.7. The molecule has 1 heterocycles. The second kappa shape index (κ2) is 9.75. The molecule has 1 aromatic rings. The van der Waals surface area contributed by atoms with Gasteiger partial charge in [-0.25, -0.2) is 33.4 Å². The van der Waals surface area contributed by atoms with Gasteiger partial charge in [-0.1, -0.05) is 12.1 Å². The van der Waals surface area contributed by atoms with Crippen molar-refractivity contribution < 1.29 is 27.5 Å². The summed E-state index contributed by atoms with van der Waals surface area (Å²) in [5.41, 5.74) is 5.37. The van der Waals surface area contributed by atoms with Crippen LogP contribution < -0.4 is 20.4 Å². The van der Waals surface area contributed by atoms with Gasteiger partial charge in [-0.05, 0) is 26.0 Å². The van der Waals surface area contributed by atoms with Crippen LogP contribution in [0, 0.1) is 0 Å². The summed E-state index contributed by atoms with van der Waals surface area (Å²) in [6.07, 6.45) is 2.00. The molecule has 0 radical (unpaired) electrons. The minimum atomic E-state index is -4.26. The second-order valence-electron chi connectivity index (χ2n) is 5.60. The van der Waals surface area contributed by atoms with E-state index in [9.17, 15) is 13.2 Å². The first-order valence-electron chi connectivity index (χ1n) is 8.26. The smallest absolute Gasteiger partial charge is 0.347 e. The summed E-state index contributed by atoms with van der Waals surface area (Å²) >= 11 is 0. The number of nitrogens with zero attached hydrogens (tertiary/aromatic N) is 3. The summed E-state index contributed by atoms with van der Waals surface area (Å²) in [4.78, 5) is 24.6. The number of nitrogens with one attached hydrogen (secondary N) is 3. The molecule has 1 unspecified atom stereocenters. The molecule has 29 heavy (non-hydrogen) atoms. The zero-order valence-electron chi connectivity index (χ0n) is 16.2. The summed E-state index contributed by atoms with van der Waals surface area (Å²) < 4.78 is 37.7. The Bertz CT molecular complexity index is 930. The molecule has 0 saturated heterocycles. The average Bonchev–Trinajstić information content (AvgIpc) is 2.68. The first-order chi connectivity index (χ1) is 13.8. The molecule has 1 aromatic carbocycles. The molecule has 13 heteroatoms. The van der Waals surface area contributed by atoms with Gasteiger partial charge in [-0.15, -0.1) is 0 Å². The topological polar surface area (TPSA) is 143 Å². The van der Waals surface area contributed by atoms with Gasteiger partial charge in [0.2, 0.25) is 0 Å². The monoisotopic (exact) mass is 426 g/mol. The predicted octanol–water partition coefficient (Wildman–Crippen LogP) is 0.673. The van der Waals surface area contributed by atoms with Crippen molar-refractivity contribution >= 4 is 28.4 Å². The number of para-hydroxylation sites is 1. The number of allylic oxidation sites excluding steroid dienone is 1. The second-order valence-corrected chi connectivity index (χ2v) is 7.25. The van der Waals surface area contributed by atoms with Gasteiger partial charge in [0.05, 0.1) is 19.9 Å². The van der Waals surface area contributed by atoms with Gasteiger partial charge in [0, 0.05) is 0 Å². The van der Waals surface area contributed by atoms with Crippen molar-refractivity contribution in [2.24, 2.45) is 9.98 Å². The van der Waals surface area contributed by atoms with Crippen LogP contribution in [0.5, 0.6) is 5.75 Å². The number of aliphatic imine (C=N–C) groups is 2. The average molecular weight is 426 g/mol. The van der Waals surface area contributed by atoms with Crippen molar-refractivity contribution in [1.29, 1.82) is 0 Å². The van der Waals surface area contributed by atoms with E-state index in [0.717, 1.165) is 0 Å². The lowest BCUT2D eigenvalue weighted by Gasteiger charge is -2.29. The lowest BCUT2D eigenvalue weighted by molar-refractivity contribution is 0.116. The molecule has 0 spiro atoms.